The number of Topliss-reactive ketones (excluding diaryl/α,β-unsaturated/α-hetero) is 1. The van der Waals surface area contributed by atoms with Gasteiger partial charge in [-0.1, -0.05) is 74.5 Å². The number of fused-ring (bicyclic) bond motifs is 1. The van der Waals surface area contributed by atoms with Crippen LogP contribution in [0.1, 0.15) is 48.2 Å². The second-order valence-corrected chi connectivity index (χ2v) is 10.1. The lowest BCUT2D eigenvalue weighted by molar-refractivity contribution is -0.124. The van der Waals surface area contributed by atoms with Crippen LogP contribution in [0.15, 0.2) is 91.1 Å². The highest BCUT2D eigenvalue weighted by atomic mass is 16.5. The van der Waals surface area contributed by atoms with Crippen LogP contribution in [0.3, 0.4) is 0 Å². The molecule has 3 aromatic carbocycles. The van der Waals surface area contributed by atoms with E-state index in [9.17, 15) is 14.4 Å². The highest BCUT2D eigenvalue weighted by molar-refractivity contribution is 6.04. The van der Waals surface area contributed by atoms with Crippen molar-refractivity contribution >= 4 is 28.7 Å². The molecular weight excluding hydrogens is 490 g/mol. The van der Waals surface area contributed by atoms with Gasteiger partial charge in [0.15, 0.2) is 5.78 Å². The molecular formula is C32H35N3O4. The normalized spacial score (nSPS) is 12.6. The van der Waals surface area contributed by atoms with Crippen molar-refractivity contribution in [3.63, 3.8) is 0 Å². The minimum Gasteiger partial charge on any atom is -0.445 e. The van der Waals surface area contributed by atoms with E-state index in [0.717, 1.165) is 22.0 Å². The average molecular weight is 526 g/mol. The van der Waals surface area contributed by atoms with E-state index in [0.29, 0.717) is 24.8 Å². The Labute approximate surface area is 229 Å². The SMILES string of the molecule is CC(C)CC(NC(=O)OCc1ccccc1)C(=O)NC(CCc1ccccc1)C(=O)c1ccc2[nH]ccc2c1. The van der Waals surface area contributed by atoms with Gasteiger partial charge in [-0.3, -0.25) is 9.59 Å². The van der Waals surface area contributed by atoms with Crippen LogP contribution < -0.4 is 10.6 Å². The molecule has 7 heteroatoms. The van der Waals surface area contributed by atoms with E-state index in [4.69, 9.17) is 4.74 Å². The van der Waals surface area contributed by atoms with Crippen molar-refractivity contribution in [2.45, 2.75) is 51.8 Å². The third kappa shape index (κ3) is 8.04. The molecule has 0 aliphatic rings. The summed E-state index contributed by atoms with van der Waals surface area (Å²) < 4.78 is 5.35. The summed E-state index contributed by atoms with van der Waals surface area (Å²) in [6.45, 7) is 4.05. The Morgan fingerprint density at radius 3 is 2.21 bits per heavy atom. The number of rotatable bonds is 12. The van der Waals surface area contributed by atoms with E-state index in [2.05, 4.69) is 15.6 Å². The van der Waals surface area contributed by atoms with Crippen molar-refractivity contribution < 1.29 is 19.1 Å². The van der Waals surface area contributed by atoms with Crippen molar-refractivity contribution in [3.8, 4) is 0 Å². The molecule has 7 nitrogen and oxygen atoms in total. The first-order chi connectivity index (χ1) is 18.9. The minimum atomic E-state index is -0.840. The quantitative estimate of drug-likeness (QED) is 0.203. The smallest absolute Gasteiger partial charge is 0.408 e. The molecule has 2 unspecified atom stereocenters. The molecule has 0 fully saturated rings. The number of ether oxygens (including phenoxy) is 1. The van der Waals surface area contributed by atoms with Crippen molar-refractivity contribution in [3.05, 3.63) is 108 Å². The number of carbonyl (C=O) groups excluding carboxylic acids is 3. The lowest BCUT2D eigenvalue weighted by Gasteiger charge is -2.24. The number of nitrogens with one attached hydrogen (secondary N) is 3. The van der Waals surface area contributed by atoms with Crippen molar-refractivity contribution in [1.82, 2.24) is 15.6 Å². The van der Waals surface area contributed by atoms with Crippen LogP contribution in [-0.2, 0) is 22.6 Å². The van der Waals surface area contributed by atoms with E-state index in [1.54, 1.807) is 6.07 Å². The van der Waals surface area contributed by atoms with E-state index in [1.165, 1.54) is 0 Å². The molecule has 0 saturated heterocycles. The predicted molar refractivity (Wildman–Crippen MR) is 152 cm³/mol. The maximum Gasteiger partial charge on any atom is 0.408 e. The molecule has 0 spiro atoms. The second kappa shape index (κ2) is 13.4. The number of carbonyl (C=O) groups is 3. The van der Waals surface area contributed by atoms with Crippen LogP contribution in [0, 0.1) is 5.92 Å². The summed E-state index contributed by atoms with van der Waals surface area (Å²) in [6.07, 6.45) is 2.59. The fourth-order valence-corrected chi connectivity index (χ4v) is 4.51. The molecule has 2 atom stereocenters. The van der Waals surface area contributed by atoms with E-state index in [1.807, 2.05) is 98.9 Å². The Morgan fingerprint density at radius 1 is 0.821 bits per heavy atom. The van der Waals surface area contributed by atoms with Crippen LogP contribution in [0.5, 0.6) is 0 Å². The van der Waals surface area contributed by atoms with Gasteiger partial charge in [0.1, 0.15) is 12.6 Å². The zero-order valence-corrected chi connectivity index (χ0v) is 22.4. The number of H-pyrrole nitrogens is 1. The average Bonchev–Trinajstić information content (AvgIpc) is 3.42. The van der Waals surface area contributed by atoms with Gasteiger partial charge in [-0.2, -0.15) is 0 Å². The van der Waals surface area contributed by atoms with Gasteiger partial charge < -0.3 is 20.4 Å². The van der Waals surface area contributed by atoms with Gasteiger partial charge in [0.25, 0.3) is 0 Å². The Kier molecular flexibility index (Phi) is 9.51. The Bertz CT molecular complexity index is 1380. The van der Waals surface area contributed by atoms with Crippen LogP contribution in [0.2, 0.25) is 0 Å². The molecule has 4 aromatic rings. The topological polar surface area (TPSA) is 100 Å². The molecule has 4 rings (SSSR count). The third-order valence-corrected chi connectivity index (χ3v) is 6.56. The van der Waals surface area contributed by atoms with E-state index < -0.39 is 24.1 Å². The largest absolute Gasteiger partial charge is 0.445 e. The summed E-state index contributed by atoms with van der Waals surface area (Å²) >= 11 is 0. The molecule has 0 saturated carbocycles. The Morgan fingerprint density at radius 2 is 1.51 bits per heavy atom. The molecule has 202 valence electrons. The van der Waals surface area contributed by atoms with Crippen LogP contribution in [-0.4, -0.2) is 34.9 Å². The van der Waals surface area contributed by atoms with Crippen LogP contribution in [0.4, 0.5) is 4.79 Å². The number of aryl methyl sites for hydroxylation is 1. The summed E-state index contributed by atoms with van der Waals surface area (Å²) in [6, 6.07) is 25.0. The first-order valence-electron chi connectivity index (χ1n) is 13.3. The molecule has 2 amide bonds. The summed E-state index contributed by atoms with van der Waals surface area (Å²) in [5.41, 5.74) is 3.39. The molecule has 0 radical (unpaired) electrons. The highest BCUT2D eigenvalue weighted by Gasteiger charge is 2.28. The van der Waals surface area contributed by atoms with E-state index in [-0.39, 0.29) is 18.3 Å². The van der Waals surface area contributed by atoms with Crippen LogP contribution in [0.25, 0.3) is 10.9 Å². The molecule has 39 heavy (non-hydrogen) atoms. The predicted octanol–water partition coefficient (Wildman–Crippen LogP) is 5.81. The van der Waals surface area contributed by atoms with Gasteiger partial charge in [0, 0.05) is 22.7 Å². The number of benzene rings is 3. The van der Waals surface area contributed by atoms with Crippen molar-refractivity contribution in [2.75, 3.05) is 0 Å². The Hall–Kier alpha value is -4.39. The zero-order chi connectivity index (χ0) is 27.6. The van der Waals surface area contributed by atoms with Crippen molar-refractivity contribution in [2.24, 2.45) is 5.92 Å². The standard InChI is InChI=1S/C32H35N3O4/c1-22(2)19-29(35-32(38)39-21-24-11-7-4-8-12-24)31(37)34-28(15-13-23-9-5-3-6-10-23)30(36)26-14-16-27-25(20-26)17-18-33-27/h3-12,14,16-18,20,22,28-29,33H,13,15,19,21H2,1-2H3,(H,34,37)(H,35,38). The summed E-state index contributed by atoms with van der Waals surface area (Å²) in [4.78, 5) is 42.8. The van der Waals surface area contributed by atoms with Gasteiger partial charge in [0.2, 0.25) is 5.91 Å². The molecule has 3 N–H and O–H groups in total. The molecule has 1 aromatic heterocycles. The molecule has 0 bridgehead atoms. The Balaban J connectivity index is 1.48. The zero-order valence-electron chi connectivity index (χ0n) is 22.4. The summed E-state index contributed by atoms with van der Waals surface area (Å²) in [5.74, 6) is -0.448. The number of hydrogen-bond acceptors (Lipinski definition) is 4. The number of alkyl carbamates (subject to hydrolysis) is 1. The third-order valence-electron chi connectivity index (χ3n) is 6.56. The van der Waals surface area contributed by atoms with Gasteiger partial charge in [-0.05, 0) is 60.6 Å². The van der Waals surface area contributed by atoms with Gasteiger partial charge >= 0.3 is 6.09 Å². The number of amides is 2. The first-order valence-corrected chi connectivity index (χ1v) is 13.3. The molecule has 1 heterocycles. The lowest BCUT2D eigenvalue weighted by atomic mass is 9.96. The number of aromatic amines is 1. The van der Waals surface area contributed by atoms with Gasteiger partial charge in [-0.15, -0.1) is 0 Å². The number of aromatic nitrogens is 1. The minimum absolute atomic E-state index is 0.0997. The van der Waals surface area contributed by atoms with Gasteiger partial charge in [0.05, 0.1) is 6.04 Å². The number of ketones is 1. The molecule has 0 aliphatic carbocycles. The van der Waals surface area contributed by atoms with Gasteiger partial charge in [-0.25, -0.2) is 4.79 Å². The molecule has 0 aliphatic heterocycles. The van der Waals surface area contributed by atoms with E-state index >= 15 is 0 Å². The first kappa shape index (κ1) is 27.6. The fourth-order valence-electron chi connectivity index (χ4n) is 4.51. The maximum absolute atomic E-state index is 13.7. The highest BCUT2D eigenvalue weighted by Crippen LogP contribution is 2.18. The van der Waals surface area contributed by atoms with Crippen molar-refractivity contribution in [1.29, 1.82) is 0 Å². The second-order valence-electron chi connectivity index (χ2n) is 10.1. The van der Waals surface area contributed by atoms with Crippen LogP contribution >= 0.6 is 0 Å². The lowest BCUT2D eigenvalue weighted by Crippen LogP contribution is -2.52. The fraction of sp³-hybridized carbons (Fsp3) is 0.281. The monoisotopic (exact) mass is 525 g/mol. The summed E-state index contributed by atoms with van der Waals surface area (Å²) in [5, 5.41) is 6.58. The summed E-state index contributed by atoms with van der Waals surface area (Å²) in [7, 11) is 0. The number of hydrogen-bond donors (Lipinski definition) is 3. The maximum atomic E-state index is 13.7.